The van der Waals surface area contributed by atoms with Crippen molar-refractivity contribution in [2.75, 3.05) is 4.72 Å². The van der Waals surface area contributed by atoms with Gasteiger partial charge in [-0.25, -0.2) is 18.4 Å². The molecule has 11 heteroatoms. The number of benzene rings is 1. The van der Waals surface area contributed by atoms with Crippen LogP contribution in [-0.2, 0) is 10.0 Å². The zero-order valence-electron chi connectivity index (χ0n) is 10.0. The van der Waals surface area contributed by atoms with Crippen LogP contribution in [0.1, 0.15) is 0 Å². The van der Waals surface area contributed by atoms with Crippen LogP contribution in [0.4, 0.5) is 11.5 Å². The summed E-state index contributed by atoms with van der Waals surface area (Å²) >= 11 is 6.18. The van der Waals surface area contributed by atoms with E-state index in [1.807, 2.05) is 0 Å². The fourth-order valence-electron chi connectivity index (χ4n) is 1.35. The van der Waals surface area contributed by atoms with Gasteiger partial charge < -0.3 is 0 Å². The van der Waals surface area contributed by atoms with Gasteiger partial charge in [0.2, 0.25) is 0 Å². The number of anilines is 1. The second-order valence-corrected chi connectivity index (χ2v) is 6.93. The minimum atomic E-state index is -3.91. The van der Waals surface area contributed by atoms with Crippen LogP contribution >= 0.6 is 31.9 Å². The minimum absolute atomic E-state index is 0.0107. The van der Waals surface area contributed by atoms with Crippen LogP contribution < -0.4 is 4.72 Å². The van der Waals surface area contributed by atoms with Gasteiger partial charge in [-0.15, -0.1) is 0 Å². The van der Waals surface area contributed by atoms with E-state index in [-0.39, 0.29) is 21.0 Å². The van der Waals surface area contributed by atoms with E-state index < -0.39 is 14.9 Å². The van der Waals surface area contributed by atoms with E-state index in [4.69, 9.17) is 0 Å². The molecular weight excluding hydrogens is 432 g/mol. The van der Waals surface area contributed by atoms with Gasteiger partial charge >= 0.3 is 0 Å². The average molecular weight is 438 g/mol. The van der Waals surface area contributed by atoms with Crippen LogP contribution in [0.3, 0.4) is 0 Å². The maximum absolute atomic E-state index is 12.1. The highest BCUT2D eigenvalue weighted by molar-refractivity contribution is 9.11. The zero-order chi connectivity index (χ0) is 15.6. The first-order chi connectivity index (χ1) is 9.79. The number of rotatable bonds is 4. The summed E-state index contributed by atoms with van der Waals surface area (Å²) in [7, 11) is -3.91. The molecule has 0 aliphatic heterocycles. The molecule has 0 saturated carbocycles. The lowest BCUT2D eigenvalue weighted by Gasteiger charge is -2.08. The van der Waals surface area contributed by atoms with Crippen molar-refractivity contribution in [1.29, 1.82) is 0 Å². The summed E-state index contributed by atoms with van der Waals surface area (Å²) in [4.78, 5) is 17.6. The smallest absolute Gasteiger partial charge is 0.261 e. The van der Waals surface area contributed by atoms with E-state index in [2.05, 4.69) is 46.5 Å². The summed E-state index contributed by atoms with van der Waals surface area (Å²) in [6.45, 7) is 0. The average Bonchev–Trinajstić information content (AvgIpc) is 2.42. The van der Waals surface area contributed by atoms with Crippen LogP contribution in [0.5, 0.6) is 0 Å². The lowest BCUT2D eigenvalue weighted by Crippen LogP contribution is -2.14. The molecular formula is C10H6Br2N4O4S. The van der Waals surface area contributed by atoms with Gasteiger partial charge in [0.15, 0.2) is 10.4 Å². The Morgan fingerprint density at radius 1 is 1.19 bits per heavy atom. The Balaban J connectivity index is 2.31. The largest absolute Gasteiger partial charge is 0.269 e. The third kappa shape index (κ3) is 3.74. The number of nitro groups is 1. The topological polar surface area (TPSA) is 115 Å². The van der Waals surface area contributed by atoms with Crippen LogP contribution in [0.15, 0.2) is 44.6 Å². The molecule has 0 amide bonds. The summed E-state index contributed by atoms with van der Waals surface area (Å²) in [6, 6.07) is 4.50. The molecule has 0 aliphatic carbocycles. The lowest BCUT2D eigenvalue weighted by atomic mass is 10.3. The predicted molar refractivity (Wildman–Crippen MR) is 81.3 cm³/mol. The lowest BCUT2D eigenvalue weighted by molar-refractivity contribution is -0.384. The molecule has 2 aromatic rings. The number of aromatic nitrogens is 2. The van der Waals surface area contributed by atoms with E-state index in [0.717, 1.165) is 24.3 Å². The molecule has 1 aromatic heterocycles. The molecule has 0 spiro atoms. The molecule has 1 aromatic carbocycles. The van der Waals surface area contributed by atoms with E-state index in [0.29, 0.717) is 4.60 Å². The summed E-state index contributed by atoms with van der Waals surface area (Å²) in [5.74, 6) is 0.0107. The quantitative estimate of drug-likeness (QED) is 0.580. The molecule has 110 valence electrons. The highest BCUT2D eigenvalue weighted by atomic mass is 79.9. The number of hydrogen-bond donors (Lipinski definition) is 1. The van der Waals surface area contributed by atoms with Crippen LogP contribution in [0.2, 0.25) is 0 Å². The van der Waals surface area contributed by atoms with Crippen LogP contribution in [-0.4, -0.2) is 23.3 Å². The first-order valence-electron chi connectivity index (χ1n) is 5.25. The van der Waals surface area contributed by atoms with E-state index in [1.165, 1.54) is 6.20 Å². The first kappa shape index (κ1) is 15.8. The Hall–Kier alpha value is -1.59. The van der Waals surface area contributed by atoms with E-state index in [1.54, 1.807) is 0 Å². The van der Waals surface area contributed by atoms with Crippen molar-refractivity contribution in [3.63, 3.8) is 0 Å². The van der Waals surface area contributed by atoms with Crippen LogP contribution in [0.25, 0.3) is 0 Å². The number of nitrogens with one attached hydrogen (secondary N) is 1. The molecule has 0 fully saturated rings. The predicted octanol–water partition coefficient (Wildman–Crippen LogP) is 2.71. The SMILES string of the molecule is O=[N+]([O-])c1ccc(S(=O)(=O)Nc2ncc(Br)nc2Br)cc1. The number of nitro benzene ring substituents is 1. The molecule has 1 heterocycles. The van der Waals surface area contributed by atoms with Gasteiger partial charge in [-0.3, -0.25) is 14.8 Å². The van der Waals surface area contributed by atoms with Crippen molar-refractivity contribution in [2.24, 2.45) is 0 Å². The van der Waals surface area contributed by atoms with Crippen molar-refractivity contribution in [1.82, 2.24) is 9.97 Å². The highest BCUT2D eigenvalue weighted by Crippen LogP contribution is 2.23. The highest BCUT2D eigenvalue weighted by Gasteiger charge is 2.18. The second kappa shape index (κ2) is 6.03. The maximum atomic E-state index is 12.1. The van der Waals surface area contributed by atoms with E-state index >= 15 is 0 Å². The Morgan fingerprint density at radius 2 is 1.81 bits per heavy atom. The summed E-state index contributed by atoms with van der Waals surface area (Å²) in [6.07, 6.45) is 1.33. The Kier molecular flexibility index (Phi) is 4.54. The Morgan fingerprint density at radius 3 is 2.33 bits per heavy atom. The van der Waals surface area contributed by atoms with Crippen molar-refractivity contribution < 1.29 is 13.3 Å². The molecule has 1 N–H and O–H groups in total. The zero-order valence-corrected chi connectivity index (χ0v) is 14.0. The van der Waals surface area contributed by atoms with Gasteiger partial charge in [-0.1, -0.05) is 0 Å². The van der Waals surface area contributed by atoms with Crippen LogP contribution in [0, 0.1) is 10.1 Å². The van der Waals surface area contributed by atoms with Crippen molar-refractivity contribution in [3.05, 3.63) is 49.8 Å². The van der Waals surface area contributed by atoms with Gasteiger partial charge in [0, 0.05) is 12.1 Å². The Bertz CT molecular complexity index is 795. The Labute approximate surface area is 136 Å². The fraction of sp³-hybridized carbons (Fsp3) is 0. The molecule has 0 unspecified atom stereocenters. The molecule has 0 aliphatic rings. The van der Waals surface area contributed by atoms with Gasteiger partial charge in [0.1, 0.15) is 4.60 Å². The molecule has 8 nitrogen and oxygen atoms in total. The molecule has 0 radical (unpaired) electrons. The standard InChI is InChI=1S/C10H6Br2N4O4S/c11-8-5-13-10(9(12)14-8)15-21(19,20)7-3-1-6(2-4-7)16(17)18/h1-5H,(H,13,15). The van der Waals surface area contributed by atoms with Crippen molar-refractivity contribution >= 4 is 53.4 Å². The molecule has 21 heavy (non-hydrogen) atoms. The monoisotopic (exact) mass is 436 g/mol. The summed E-state index contributed by atoms with van der Waals surface area (Å²) in [5, 5.41) is 10.5. The third-order valence-corrected chi connectivity index (χ3v) is 4.58. The number of non-ortho nitro benzene ring substituents is 1. The summed E-state index contributed by atoms with van der Waals surface area (Å²) < 4.78 is 27.2. The molecule has 0 atom stereocenters. The van der Waals surface area contributed by atoms with Gasteiger partial charge in [-0.05, 0) is 44.0 Å². The number of halogens is 2. The van der Waals surface area contributed by atoms with Crippen molar-refractivity contribution in [2.45, 2.75) is 4.90 Å². The number of sulfonamides is 1. The molecule has 0 saturated heterocycles. The first-order valence-corrected chi connectivity index (χ1v) is 8.32. The normalized spacial score (nSPS) is 11.1. The third-order valence-electron chi connectivity index (χ3n) is 2.29. The van der Waals surface area contributed by atoms with Gasteiger partial charge in [0.25, 0.3) is 15.7 Å². The number of nitrogens with zero attached hydrogens (tertiary/aromatic N) is 3. The van der Waals surface area contributed by atoms with Crippen molar-refractivity contribution in [3.8, 4) is 0 Å². The minimum Gasteiger partial charge on any atom is -0.261 e. The number of hydrogen-bond acceptors (Lipinski definition) is 6. The van der Waals surface area contributed by atoms with Gasteiger partial charge in [-0.2, -0.15) is 0 Å². The second-order valence-electron chi connectivity index (χ2n) is 3.69. The van der Waals surface area contributed by atoms with Gasteiger partial charge in [0.05, 0.1) is 16.0 Å². The molecule has 0 bridgehead atoms. The summed E-state index contributed by atoms with van der Waals surface area (Å²) in [5.41, 5.74) is -0.196. The molecule has 2 rings (SSSR count). The fourth-order valence-corrected chi connectivity index (χ4v) is 3.41. The maximum Gasteiger partial charge on any atom is 0.269 e. The van der Waals surface area contributed by atoms with E-state index in [9.17, 15) is 18.5 Å².